The van der Waals surface area contributed by atoms with Crippen LogP contribution in [-0.4, -0.2) is 6.54 Å². The average Bonchev–Trinajstić information content (AvgIpc) is 2.16. The lowest BCUT2D eigenvalue weighted by Gasteiger charge is -2.15. The van der Waals surface area contributed by atoms with Gasteiger partial charge in [0.15, 0.2) is 0 Å². The van der Waals surface area contributed by atoms with Crippen LogP contribution in [0.5, 0.6) is 0 Å². The van der Waals surface area contributed by atoms with Gasteiger partial charge in [-0.2, -0.15) is 0 Å². The number of hydrogen-bond donors (Lipinski definition) is 1. The lowest BCUT2D eigenvalue weighted by molar-refractivity contribution is 0.537. The number of hydrogen-bond acceptors (Lipinski definition) is 1. The fourth-order valence-electron chi connectivity index (χ4n) is 1.44. The summed E-state index contributed by atoms with van der Waals surface area (Å²) in [4.78, 5) is 0. The Hall–Kier alpha value is -0.0500. The van der Waals surface area contributed by atoms with Crippen molar-refractivity contribution in [2.24, 2.45) is 0 Å². The zero-order valence-electron chi connectivity index (χ0n) is 8.59. The molecule has 0 saturated carbocycles. The van der Waals surface area contributed by atoms with Crippen LogP contribution in [0, 0.1) is 0 Å². The minimum atomic E-state index is 0. The van der Waals surface area contributed by atoms with Crippen molar-refractivity contribution in [2.45, 2.75) is 26.3 Å². The highest BCUT2D eigenvalue weighted by Gasteiger charge is 2.05. The molecule has 0 aliphatic carbocycles. The van der Waals surface area contributed by atoms with Crippen molar-refractivity contribution in [2.75, 3.05) is 6.54 Å². The molecule has 1 rings (SSSR count). The van der Waals surface area contributed by atoms with Crippen molar-refractivity contribution in [3.05, 3.63) is 34.3 Å². The van der Waals surface area contributed by atoms with E-state index in [2.05, 4.69) is 59.4 Å². The van der Waals surface area contributed by atoms with E-state index in [4.69, 9.17) is 0 Å². The second-order valence-electron chi connectivity index (χ2n) is 3.07. The Morgan fingerprint density at radius 3 is 2.21 bits per heavy atom. The van der Waals surface area contributed by atoms with E-state index in [0.29, 0.717) is 6.04 Å². The van der Waals surface area contributed by atoms with Gasteiger partial charge in [-0.15, -0.1) is 12.4 Å². The minimum Gasteiger partial charge on any atom is -0.310 e. The van der Waals surface area contributed by atoms with Crippen LogP contribution in [0.15, 0.2) is 28.7 Å². The summed E-state index contributed by atoms with van der Waals surface area (Å²) in [5.74, 6) is 0. The summed E-state index contributed by atoms with van der Waals surface area (Å²) in [7, 11) is 0. The molecule has 1 aromatic carbocycles. The van der Waals surface area contributed by atoms with Crippen LogP contribution in [0.3, 0.4) is 0 Å². The Morgan fingerprint density at radius 2 is 1.79 bits per heavy atom. The topological polar surface area (TPSA) is 12.0 Å². The van der Waals surface area contributed by atoms with E-state index in [1.165, 1.54) is 5.56 Å². The van der Waals surface area contributed by atoms with E-state index in [1.807, 2.05) is 0 Å². The molecule has 1 unspecified atom stereocenters. The third-order valence-electron chi connectivity index (χ3n) is 2.13. The molecule has 0 aromatic heterocycles. The van der Waals surface area contributed by atoms with E-state index in [0.717, 1.165) is 17.4 Å². The number of rotatable bonds is 4. The highest BCUT2D eigenvalue weighted by molar-refractivity contribution is 9.10. The molecule has 14 heavy (non-hydrogen) atoms. The molecule has 0 bridgehead atoms. The molecule has 0 saturated heterocycles. The van der Waals surface area contributed by atoms with E-state index in [1.54, 1.807) is 0 Å². The molecular formula is C11H17BrClN. The van der Waals surface area contributed by atoms with E-state index in [-0.39, 0.29) is 12.4 Å². The van der Waals surface area contributed by atoms with E-state index < -0.39 is 0 Å². The monoisotopic (exact) mass is 277 g/mol. The van der Waals surface area contributed by atoms with Crippen LogP contribution in [0.4, 0.5) is 0 Å². The maximum atomic E-state index is 3.45. The maximum absolute atomic E-state index is 3.45. The summed E-state index contributed by atoms with van der Waals surface area (Å²) in [6.45, 7) is 5.37. The van der Waals surface area contributed by atoms with Gasteiger partial charge >= 0.3 is 0 Å². The third kappa shape index (κ3) is 3.99. The summed E-state index contributed by atoms with van der Waals surface area (Å²) in [6, 6.07) is 9.02. The smallest absolute Gasteiger partial charge is 0.0317 e. The molecule has 80 valence electrons. The summed E-state index contributed by atoms with van der Waals surface area (Å²) < 4.78 is 1.14. The van der Waals surface area contributed by atoms with Crippen LogP contribution in [0.1, 0.15) is 31.9 Å². The van der Waals surface area contributed by atoms with Crippen LogP contribution in [-0.2, 0) is 0 Å². The lowest BCUT2D eigenvalue weighted by atomic mass is 10.1. The number of benzene rings is 1. The first-order valence-electron chi connectivity index (χ1n) is 4.76. The standard InChI is InChI=1S/C11H16BrN.ClH/c1-3-11(13-4-2)9-5-7-10(12)8-6-9;/h5-8,11,13H,3-4H2,1-2H3;1H. The Bertz CT molecular complexity index is 248. The zero-order valence-corrected chi connectivity index (χ0v) is 11.0. The number of halogens is 2. The predicted octanol–water partition coefficient (Wildman–Crippen LogP) is 3.93. The van der Waals surface area contributed by atoms with Gasteiger partial charge in [-0.25, -0.2) is 0 Å². The van der Waals surface area contributed by atoms with Gasteiger partial charge in [0, 0.05) is 10.5 Å². The molecule has 0 heterocycles. The first-order valence-corrected chi connectivity index (χ1v) is 5.56. The molecule has 1 nitrogen and oxygen atoms in total. The number of nitrogens with one attached hydrogen (secondary N) is 1. The van der Waals surface area contributed by atoms with Crippen molar-refractivity contribution >= 4 is 28.3 Å². The van der Waals surface area contributed by atoms with Crippen molar-refractivity contribution in [1.82, 2.24) is 5.32 Å². The Balaban J connectivity index is 0.00000169. The molecule has 1 aromatic rings. The first kappa shape index (κ1) is 13.9. The molecule has 0 fully saturated rings. The fourth-order valence-corrected chi connectivity index (χ4v) is 1.70. The highest BCUT2D eigenvalue weighted by atomic mass is 79.9. The highest BCUT2D eigenvalue weighted by Crippen LogP contribution is 2.18. The average molecular weight is 279 g/mol. The molecule has 0 radical (unpaired) electrons. The second-order valence-corrected chi connectivity index (χ2v) is 3.99. The largest absolute Gasteiger partial charge is 0.310 e. The maximum Gasteiger partial charge on any atom is 0.0317 e. The fraction of sp³-hybridized carbons (Fsp3) is 0.455. The third-order valence-corrected chi connectivity index (χ3v) is 2.66. The van der Waals surface area contributed by atoms with Gasteiger partial charge in [-0.1, -0.05) is 41.9 Å². The van der Waals surface area contributed by atoms with Gasteiger partial charge in [0.2, 0.25) is 0 Å². The van der Waals surface area contributed by atoms with Crippen molar-refractivity contribution in [3.63, 3.8) is 0 Å². The lowest BCUT2D eigenvalue weighted by Crippen LogP contribution is -2.19. The second kappa shape index (κ2) is 7.27. The molecule has 1 N–H and O–H groups in total. The Labute approximate surface area is 101 Å². The summed E-state index contributed by atoms with van der Waals surface area (Å²) in [6.07, 6.45) is 1.13. The Morgan fingerprint density at radius 1 is 1.21 bits per heavy atom. The van der Waals surface area contributed by atoms with Crippen molar-refractivity contribution in [1.29, 1.82) is 0 Å². The minimum absolute atomic E-state index is 0. The van der Waals surface area contributed by atoms with Crippen LogP contribution >= 0.6 is 28.3 Å². The van der Waals surface area contributed by atoms with E-state index >= 15 is 0 Å². The molecular weight excluding hydrogens is 261 g/mol. The molecule has 0 aliphatic rings. The predicted molar refractivity (Wildman–Crippen MR) is 68.1 cm³/mol. The van der Waals surface area contributed by atoms with Crippen molar-refractivity contribution < 1.29 is 0 Å². The van der Waals surface area contributed by atoms with E-state index in [9.17, 15) is 0 Å². The quantitative estimate of drug-likeness (QED) is 0.880. The summed E-state index contributed by atoms with van der Waals surface area (Å²) in [5, 5.41) is 3.45. The van der Waals surface area contributed by atoms with Gasteiger partial charge in [-0.05, 0) is 30.7 Å². The molecule has 0 amide bonds. The zero-order chi connectivity index (χ0) is 9.68. The summed E-state index contributed by atoms with van der Waals surface area (Å²) >= 11 is 3.44. The SMILES string of the molecule is CCNC(CC)c1ccc(Br)cc1.Cl. The normalized spacial score (nSPS) is 11.9. The van der Waals surface area contributed by atoms with Gasteiger partial charge in [0.25, 0.3) is 0 Å². The molecule has 0 spiro atoms. The Kier molecular flexibility index (Phi) is 7.24. The van der Waals surface area contributed by atoms with Crippen LogP contribution < -0.4 is 5.32 Å². The first-order chi connectivity index (χ1) is 6.27. The van der Waals surface area contributed by atoms with Crippen molar-refractivity contribution in [3.8, 4) is 0 Å². The molecule has 0 aliphatic heterocycles. The molecule has 3 heteroatoms. The molecule has 1 atom stereocenters. The van der Waals surface area contributed by atoms with Gasteiger partial charge in [0.05, 0.1) is 0 Å². The van der Waals surface area contributed by atoms with Gasteiger partial charge in [-0.3, -0.25) is 0 Å². The van der Waals surface area contributed by atoms with Gasteiger partial charge < -0.3 is 5.32 Å². The van der Waals surface area contributed by atoms with Gasteiger partial charge in [0.1, 0.15) is 0 Å². The van der Waals surface area contributed by atoms with Crippen LogP contribution in [0.2, 0.25) is 0 Å². The van der Waals surface area contributed by atoms with Crippen LogP contribution in [0.25, 0.3) is 0 Å². The summed E-state index contributed by atoms with van der Waals surface area (Å²) in [5.41, 5.74) is 1.37.